The molecule has 16 heavy (non-hydrogen) atoms. The van der Waals surface area contributed by atoms with E-state index in [2.05, 4.69) is 16.0 Å². The lowest BCUT2D eigenvalue weighted by molar-refractivity contribution is 0.627. The summed E-state index contributed by atoms with van der Waals surface area (Å²) in [4.78, 5) is 0. The summed E-state index contributed by atoms with van der Waals surface area (Å²) in [5, 5.41) is 3.30. The highest BCUT2D eigenvalue weighted by Gasteiger charge is 2.01. The molecular formula is C13H15FN2. The number of halogens is 1. The van der Waals surface area contributed by atoms with Gasteiger partial charge in [-0.1, -0.05) is 0 Å². The fraction of sp³-hybridized carbons (Fsp3) is 0.231. The van der Waals surface area contributed by atoms with Gasteiger partial charge in [0, 0.05) is 24.6 Å². The number of benzene rings is 1. The van der Waals surface area contributed by atoms with Crippen LogP contribution in [0.5, 0.6) is 0 Å². The van der Waals surface area contributed by atoms with Crippen molar-refractivity contribution in [2.75, 3.05) is 5.32 Å². The molecule has 0 amide bonds. The van der Waals surface area contributed by atoms with Gasteiger partial charge in [-0.25, -0.2) is 4.39 Å². The first-order valence-corrected chi connectivity index (χ1v) is 5.27. The molecule has 0 bridgehead atoms. The number of nitrogens with one attached hydrogen (secondary N) is 1. The molecule has 0 aliphatic carbocycles. The summed E-state index contributed by atoms with van der Waals surface area (Å²) in [6, 6.07) is 8.85. The Bertz CT molecular complexity index is 488. The lowest BCUT2D eigenvalue weighted by Crippen LogP contribution is -2.05. The smallest absolute Gasteiger partial charge is 0.123 e. The summed E-state index contributed by atoms with van der Waals surface area (Å²) < 4.78 is 15.0. The topological polar surface area (TPSA) is 17.0 Å². The summed E-state index contributed by atoms with van der Waals surface area (Å²) in [6.45, 7) is 2.65. The highest BCUT2D eigenvalue weighted by atomic mass is 19.1. The predicted molar refractivity (Wildman–Crippen MR) is 63.9 cm³/mol. The second-order valence-electron chi connectivity index (χ2n) is 3.92. The molecule has 2 nitrogen and oxygen atoms in total. The van der Waals surface area contributed by atoms with Crippen molar-refractivity contribution in [2.45, 2.75) is 13.5 Å². The number of anilines is 1. The van der Waals surface area contributed by atoms with Crippen LogP contribution >= 0.6 is 0 Å². The molecule has 1 aromatic carbocycles. The van der Waals surface area contributed by atoms with Crippen LogP contribution in [0, 0.1) is 12.7 Å². The van der Waals surface area contributed by atoms with Crippen LogP contribution < -0.4 is 5.32 Å². The van der Waals surface area contributed by atoms with Crippen molar-refractivity contribution in [2.24, 2.45) is 7.05 Å². The normalized spacial score (nSPS) is 10.4. The van der Waals surface area contributed by atoms with Gasteiger partial charge in [-0.3, -0.25) is 0 Å². The van der Waals surface area contributed by atoms with E-state index in [1.807, 2.05) is 26.2 Å². The third-order valence-corrected chi connectivity index (χ3v) is 2.70. The van der Waals surface area contributed by atoms with Crippen LogP contribution in [0.1, 0.15) is 11.3 Å². The first-order chi connectivity index (χ1) is 7.66. The zero-order valence-electron chi connectivity index (χ0n) is 9.50. The quantitative estimate of drug-likeness (QED) is 0.837. The number of aryl methyl sites for hydroxylation is 2. The zero-order chi connectivity index (χ0) is 11.5. The van der Waals surface area contributed by atoms with Crippen molar-refractivity contribution < 1.29 is 4.39 Å². The van der Waals surface area contributed by atoms with E-state index < -0.39 is 0 Å². The first-order valence-electron chi connectivity index (χ1n) is 5.27. The molecule has 0 fully saturated rings. The SMILES string of the molecule is Cc1cc(F)ccc1NCc1cccn1C. The van der Waals surface area contributed by atoms with E-state index in [0.717, 1.165) is 17.8 Å². The molecule has 0 unspecified atom stereocenters. The maximum Gasteiger partial charge on any atom is 0.123 e. The molecule has 1 N–H and O–H groups in total. The Kier molecular flexibility index (Phi) is 2.95. The third kappa shape index (κ3) is 2.24. The van der Waals surface area contributed by atoms with Gasteiger partial charge in [0.1, 0.15) is 5.82 Å². The Morgan fingerprint density at radius 3 is 2.75 bits per heavy atom. The van der Waals surface area contributed by atoms with Gasteiger partial charge in [0.2, 0.25) is 0 Å². The fourth-order valence-corrected chi connectivity index (χ4v) is 1.69. The van der Waals surface area contributed by atoms with Crippen LogP contribution in [0.25, 0.3) is 0 Å². The molecule has 0 aliphatic heterocycles. The Labute approximate surface area is 94.7 Å². The van der Waals surface area contributed by atoms with Gasteiger partial charge in [-0.05, 0) is 42.8 Å². The summed E-state index contributed by atoms with van der Waals surface area (Å²) in [6.07, 6.45) is 2.01. The lowest BCUT2D eigenvalue weighted by atomic mass is 10.2. The summed E-state index contributed by atoms with van der Waals surface area (Å²) in [7, 11) is 2.01. The Hall–Kier alpha value is -1.77. The minimum absolute atomic E-state index is 0.193. The Morgan fingerprint density at radius 1 is 1.31 bits per heavy atom. The van der Waals surface area contributed by atoms with Crippen molar-refractivity contribution in [3.8, 4) is 0 Å². The first kappa shape index (κ1) is 10.7. The molecule has 2 rings (SSSR count). The van der Waals surface area contributed by atoms with Crippen LogP contribution in [0.2, 0.25) is 0 Å². The average Bonchev–Trinajstić information content (AvgIpc) is 2.63. The van der Waals surface area contributed by atoms with Crippen molar-refractivity contribution in [3.63, 3.8) is 0 Å². The van der Waals surface area contributed by atoms with Gasteiger partial charge in [-0.2, -0.15) is 0 Å². The molecule has 0 saturated carbocycles. The van der Waals surface area contributed by atoms with E-state index in [9.17, 15) is 4.39 Å². The molecule has 2 aromatic rings. The lowest BCUT2D eigenvalue weighted by Gasteiger charge is -2.10. The molecule has 0 aliphatic rings. The third-order valence-electron chi connectivity index (χ3n) is 2.70. The second kappa shape index (κ2) is 4.39. The molecule has 1 aromatic heterocycles. The summed E-state index contributed by atoms with van der Waals surface area (Å²) >= 11 is 0. The van der Waals surface area contributed by atoms with E-state index in [1.165, 1.54) is 17.8 Å². The van der Waals surface area contributed by atoms with Gasteiger partial charge in [0.25, 0.3) is 0 Å². The molecule has 3 heteroatoms. The van der Waals surface area contributed by atoms with Gasteiger partial charge in [0.15, 0.2) is 0 Å². The van der Waals surface area contributed by atoms with Crippen LogP contribution in [-0.2, 0) is 13.6 Å². The van der Waals surface area contributed by atoms with Gasteiger partial charge in [0.05, 0.1) is 6.54 Å². The van der Waals surface area contributed by atoms with Crippen LogP contribution in [0.4, 0.5) is 10.1 Å². The van der Waals surface area contributed by atoms with Crippen LogP contribution in [0.3, 0.4) is 0 Å². The van der Waals surface area contributed by atoms with Crippen molar-refractivity contribution in [1.82, 2.24) is 4.57 Å². The minimum Gasteiger partial charge on any atom is -0.379 e. The van der Waals surface area contributed by atoms with Gasteiger partial charge in [-0.15, -0.1) is 0 Å². The van der Waals surface area contributed by atoms with Crippen LogP contribution in [0.15, 0.2) is 36.5 Å². The minimum atomic E-state index is -0.193. The fourth-order valence-electron chi connectivity index (χ4n) is 1.69. The van der Waals surface area contributed by atoms with Crippen LogP contribution in [-0.4, -0.2) is 4.57 Å². The largest absolute Gasteiger partial charge is 0.379 e. The highest BCUT2D eigenvalue weighted by molar-refractivity contribution is 5.50. The molecule has 0 spiro atoms. The van der Waals surface area contributed by atoms with Crippen molar-refractivity contribution in [1.29, 1.82) is 0 Å². The highest BCUT2D eigenvalue weighted by Crippen LogP contribution is 2.16. The zero-order valence-corrected chi connectivity index (χ0v) is 9.50. The monoisotopic (exact) mass is 218 g/mol. The van der Waals surface area contributed by atoms with Gasteiger partial charge >= 0.3 is 0 Å². The molecule has 0 atom stereocenters. The molecule has 0 saturated heterocycles. The molecule has 0 radical (unpaired) electrons. The number of aromatic nitrogens is 1. The number of nitrogens with zero attached hydrogens (tertiary/aromatic N) is 1. The Balaban J connectivity index is 2.08. The molecule has 84 valence electrons. The van der Waals surface area contributed by atoms with Crippen molar-refractivity contribution >= 4 is 5.69 Å². The Morgan fingerprint density at radius 2 is 2.12 bits per heavy atom. The maximum absolute atomic E-state index is 12.9. The maximum atomic E-state index is 12.9. The van der Waals surface area contributed by atoms with Crippen molar-refractivity contribution in [3.05, 3.63) is 53.6 Å². The van der Waals surface area contributed by atoms with E-state index in [1.54, 1.807) is 6.07 Å². The van der Waals surface area contributed by atoms with E-state index in [4.69, 9.17) is 0 Å². The standard InChI is InChI=1S/C13H15FN2/c1-10-8-11(14)5-6-13(10)15-9-12-4-3-7-16(12)2/h3-8,15H,9H2,1-2H3. The summed E-state index contributed by atoms with van der Waals surface area (Å²) in [5.74, 6) is -0.193. The number of rotatable bonds is 3. The van der Waals surface area contributed by atoms with E-state index >= 15 is 0 Å². The molecule has 1 heterocycles. The van der Waals surface area contributed by atoms with E-state index in [-0.39, 0.29) is 5.82 Å². The van der Waals surface area contributed by atoms with E-state index in [0.29, 0.717) is 0 Å². The van der Waals surface area contributed by atoms with Gasteiger partial charge < -0.3 is 9.88 Å². The second-order valence-corrected chi connectivity index (χ2v) is 3.92. The average molecular weight is 218 g/mol. The molecular weight excluding hydrogens is 203 g/mol. The number of hydrogen-bond donors (Lipinski definition) is 1. The predicted octanol–water partition coefficient (Wildman–Crippen LogP) is 3.08. The summed E-state index contributed by atoms with van der Waals surface area (Å²) in [5.41, 5.74) is 3.10. The number of hydrogen-bond acceptors (Lipinski definition) is 1.